The number of nitrogens with one attached hydrogen (secondary N) is 1. The summed E-state index contributed by atoms with van der Waals surface area (Å²) in [5.41, 5.74) is 1.02. The van der Waals surface area contributed by atoms with E-state index in [9.17, 15) is 0 Å². The van der Waals surface area contributed by atoms with Gasteiger partial charge in [-0.25, -0.2) is 0 Å². The summed E-state index contributed by atoms with van der Waals surface area (Å²) in [5, 5.41) is 3.67. The molecule has 0 bridgehead atoms. The molecule has 2 fully saturated rings. The molecule has 1 N–H and O–H groups in total. The number of hydrogen-bond acceptors (Lipinski definition) is 2. The summed E-state index contributed by atoms with van der Waals surface area (Å²) < 4.78 is 0. The zero-order valence-corrected chi connectivity index (χ0v) is 12.3. The molecule has 1 saturated heterocycles. The maximum Gasteiger partial charge on any atom is 0.0209 e. The molecule has 1 aliphatic carbocycles. The Labute approximate surface area is 107 Å². The summed E-state index contributed by atoms with van der Waals surface area (Å²) in [7, 11) is 0. The largest absolute Gasteiger partial charge is 0.314 e. The van der Waals surface area contributed by atoms with Crippen LogP contribution in [0.4, 0.5) is 0 Å². The average molecular weight is 238 g/mol. The first-order valence-corrected chi connectivity index (χ1v) is 7.38. The Bertz CT molecular complexity index is 248. The van der Waals surface area contributed by atoms with Crippen LogP contribution in [0.2, 0.25) is 0 Å². The van der Waals surface area contributed by atoms with E-state index >= 15 is 0 Å². The lowest BCUT2D eigenvalue weighted by Gasteiger charge is -2.34. The van der Waals surface area contributed by atoms with Crippen LogP contribution >= 0.6 is 0 Å². The van der Waals surface area contributed by atoms with Crippen molar-refractivity contribution in [2.45, 2.75) is 66.0 Å². The fourth-order valence-electron chi connectivity index (χ4n) is 3.78. The van der Waals surface area contributed by atoms with Crippen LogP contribution in [0.5, 0.6) is 0 Å². The van der Waals surface area contributed by atoms with Gasteiger partial charge in [-0.05, 0) is 49.7 Å². The number of rotatable bonds is 4. The maximum absolute atomic E-state index is 3.67. The monoisotopic (exact) mass is 238 g/mol. The van der Waals surface area contributed by atoms with Gasteiger partial charge in [0.2, 0.25) is 0 Å². The van der Waals surface area contributed by atoms with Gasteiger partial charge < -0.3 is 5.32 Å². The van der Waals surface area contributed by atoms with Crippen LogP contribution in [0.1, 0.15) is 53.9 Å². The van der Waals surface area contributed by atoms with Crippen molar-refractivity contribution < 1.29 is 0 Å². The van der Waals surface area contributed by atoms with Crippen molar-refractivity contribution in [1.82, 2.24) is 10.2 Å². The van der Waals surface area contributed by atoms with Crippen LogP contribution in [-0.4, -0.2) is 36.6 Å². The first kappa shape index (κ1) is 13.4. The predicted molar refractivity (Wildman–Crippen MR) is 74.2 cm³/mol. The Kier molecular flexibility index (Phi) is 3.57. The van der Waals surface area contributed by atoms with Crippen LogP contribution < -0.4 is 5.32 Å². The van der Waals surface area contributed by atoms with Crippen molar-refractivity contribution in [2.75, 3.05) is 19.6 Å². The van der Waals surface area contributed by atoms with Gasteiger partial charge in [-0.15, -0.1) is 0 Å². The Morgan fingerprint density at radius 3 is 2.00 bits per heavy atom. The van der Waals surface area contributed by atoms with Gasteiger partial charge >= 0.3 is 0 Å². The molecule has 2 heteroatoms. The Morgan fingerprint density at radius 2 is 1.59 bits per heavy atom. The lowest BCUT2D eigenvalue weighted by atomic mass is 10.0. The summed E-state index contributed by atoms with van der Waals surface area (Å²) >= 11 is 0. The van der Waals surface area contributed by atoms with Gasteiger partial charge in [-0.3, -0.25) is 4.90 Å². The zero-order chi connectivity index (χ0) is 12.7. The smallest absolute Gasteiger partial charge is 0.0209 e. The standard InChI is InChI=1S/C15H30N2/c1-6-9-16-12-7-10-17(11-8-12)13-14(2,3)15(13,4)5/h12-13,16H,6-11H2,1-5H3. The molecular weight excluding hydrogens is 208 g/mol. The van der Waals surface area contributed by atoms with Gasteiger partial charge in [0.15, 0.2) is 0 Å². The van der Waals surface area contributed by atoms with E-state index in [1.54, 1.807) is 0 Å². The highest BCUT2D eigenvalue weighted by Crippen LogP contribution is 2.65. The minimum atomic E-state index is 0.511. The summed E-state index contributed by atoms with van der Waals surface area (Å²) in [6.07, 6.45) is 3.92. The van der Waals surface area contributed by atoms with Gasteiger partial charge in [0, 0.05) is 12.1 Å². The molecule has 1 saturated carbocycles. The van der Waals surface area contributed by atoms with Crippen molar-refractivity contribution in [1.29, 1.82) is 0 Å². The van der Waals surface area contributed by atoms with Crippen LogP contribution in [0, 0.1) is 10.8 Å². The van der Waals surface area contributed by atoms with E-state index in [1.165, 1.54) is 38.9 Å². The molecule has 0 spiro atoms. The molecule has 0 aromatic heterocycles. The molecule has 100 valence electrons. The lowest BCUT2D eigenvalue weighted by Crippen LogP contribution is -2.44. The fourth-order valence-corrected chi connectivity index (χ4v) is 3.78. The van der Waals surface area contributed by atoms with Crippen molar-refractivity contribution in [3.8, 4) is 0 Å². The van der Waals surface area contributed by atoms with Crippen LogP contribution in [-0.2, 0) is 0 Å². The van der Waals surface area contributed by atoms with Gasteiger partial charge in [-0.2, -0.15) is 0 Å². The van der Waals surface area contributed by atoms with Crippen molar-refractivity contribution in [3.05, 3.63) is 0 Å². The third-order valence-electron chi connectivity index (χ3n) is 5.52. The minimum Gasteiger partial charge on any atom is -0.314 e. The number of likely N-dealkylation sites (tertiary alicyclic amines) is 1. The molecule has 1 aliphatic heterocycles. The quantitative estimate of drug-likeness (QED) is 0.810. The van der Waals surface area contributed by atoms with E-state index in [4.69, 9.17) is 0 Å². The lowest BCUT2D eigenvalue weighted by molar-refractivity contribution is 0.164. The second kappa shape index (κ2) is 4.55. The fraction of sp³-hybridized carbons (Fsp3) is 1.00. The van der Waals surface area contributed by atoms with Crippen molar-refractivity contribution in [3.63, 3.8) is 0 Å². The summed E-state index contributed by atoms with van der Waals surface area (Å²) in [6, 6.07) is 1.58. The third kappa shape index (κ3) is 2.26. The van der Waals surface area contributed by atoms with Crippen LogP contribution in [0.25, 0.3) is 0 Å². The molecule has 2 aliphatic rings. The maximum atomic E-state index is 3.67. The molecule has 17 heavy (non-hydrogen) atoms. The molecule has 0 unspecified atom stereocenters. The third-order valence-corrected chi connectivity index (χ3v) is 5.52. The highest BCUT2D eigenvalue weighted by molar-refractivity contribution is 5.18. The second-order valence-corrected chi connectivity index (χ2v) is 7.11. The highest BCUT2D eigenvalue weighted by atomic mass is 15.2. The van der Waals surface area contributed by atoms with E-state index in [0.29, 0.717) is 10.8 Å². The Hall–Kier alpha value is -0.0800. The van der Waals surface area contributed by atoms with Crippen molar-refractivity contribution >= 4 is 0 Å². The van der Waals surface area contributed by atoms with Gasteiger partial charge in [0.1, 0.15) is 0 Å². The topological polar surface area (TPSA) is 15.3 Å². The van der Waals surface area contributed by atoms with E-state index < -0.39 is 0 Å². The number of nitrogens with zero attached hydrogens (tertiary/aromatic N) is 1. The van der Waals surface area contributed by atoms with Gasteiger partial charge in [0.25, 0.3) is 0 Å². The molecular formula is C15H30N2. The molecule has 0 aromatic carbocycles. The van der Waals surface area contributed by atoms with E-state index in [1.807, 2.05) is 0 Å². The first-order chi connectivity index (χ1) is 7.91. The summed E-state index contributed by atoms with van der Waals surface area (Å²) in [6.45, 7) is 15.7. The molecule has 0 aromatic rings. The van der Waals surface area contributed by atoms with E-state index in [2.05, 4.69) is 44.8 Å². The second-order valence-electron chi connectivity index (χ2n) is 7.11. The van der Waals surface area contributed by atoms with Gasteiger partial charge in [0.05, 0.1) is 0 Å². The van der Waals surface area contributed by atoms with Crippen LogP contribution in [0.3, 0.4) is 0 Å². The Balaban J connectivity index is 1.81. The molecule has 0 amide bonds. The summed E-state index contributed by atoms with van der Waals surface area (Å²) in [4.78, 5) is 2.74. The predicted octanol–water partition coefficient (Wildman–Crippen LogP) is 2.89. The molecule has 2 nitrogen and oxygen atoms in total. The van der Waals surface area contributed by atoms with Crippen LogP contribution in [0.15, 0.2) is 0 Å². The minimum absolute atomic E-state index is 0.511. The zero-order valence-electron chi connectivity index (χ0n) is 12.3. The van der Waals surface area contributed by atoms with Gasteiger partial charge in [-0.1, -0.05) is 34.6 Å². The van der Waals surface area contributed by atoms with E-state index in [0.717, 1.165) is 12.1 Å². The molecule has 0 radical (unpaired) electrons. The first-order valence-electron chi connectivity index (χ1n) is 7.38. The Morgan fingerprint density at radius 1 is 1.06 bits per heavy atom. The highest BCUT2D eigenvalue weighted by Gasteiger charge is 2.66. The van der Waals surface area contributed by atoms with Crippen molar-refractivity contribution in [2.24, 2.45) is 10.8 Å². The average Bonchev–Trinajstić information content (AvgIpc) is 2.68. The summed E-state index contributed by atoms with van der Waals surface area (Å²) in [5.74, 6) is 0. The normalized spacial score (nSPS) is 29.5. The molecule has 0 atom stereocenters. The number of piperidine rings is 1. The van der Waals surface area contributed by atoms with E-state index in [-0.39, 0.29) is 0 Å². The SMILES string of the molecule is CCCNC1CCN(C2C(C)(C)C2(C)C)CC1. The number of hydrogen-bond donors (Lipinski definition) is 1. The molecule has 2 rings (SSSR count). The molecule has 1 heterocycles.